The Labute approximate surface area is 186 Å². The maximum absolute atomic E-state index is 12.8. The summed E-state index contributed by atoms with van der Waals surface area (Å²) in [5.41, 5.74) is 2.33. The van der Waals surface area contributed by atoms with Gasteiger partial charge in [0.1, 0.15) is 0 Å². The molecule has 1 unspecified atom stereocenters. The Morgan fingerprint density at radius 3 is 2.19 bits per heavy atom. The lowest BCUT2D eigenvalue weighted by Crippen LogP contribution is -2.27. The van der Waals surface area contributed by atoms with Crippen molar-refractivity contribution in [2.45, 2.75) is 83.7 Å². The highest BCUT2D eigenvalue weighted by Gasteiger charge is 2.41. The van der Waals surface area contributed by atoms with E-state index in [9.17, 15) is 13.2 Å². The van der Waals surface area contributed by atoms with E-state index in [1.807, 2.05) is 0 Å². The van der Waals surface area contributed by atoms with E-state index in [1.54, 1.807) is 0 Å². The molecule has 0 nitrogen and oxygen atoms in total. The van der Waals surface area contributed by atoms with Crippen LogP contribution in [0.1, 0.15) is 82.3 Å². The summed E-state index contributed by atoms with van der Waals surface area (Å²) in [6.45, 7) is 6.28. The van der Waals surface area contributed by atoms with Gasteiger partial charge in [0.25, 0.3) is 0 Å². The van der Waals surface area contributed by atoms with E-state index in [1.165, 1.54) is 44.1 Å². The monoisotopic (exact) mass is 430 g/mol. The first-order chi connectivity index (χ1) is 14.9. The zero-order chi connectivity index (χ0) is 22.3. The van der Waals surface area contributed by atoms with Crippen molar-refractivity contribution in [2.24, 2.45) is 29.6 Å². The lowest BCUT2D eigenvalue weighted by molar-refractivity contribution is -0.182. The molecular weight excluding hydrogens is 393 g/mol. The molecule has 0 N–H and O–H groups in total. The smallest absolute Gasteiger partial charge is 0.171 e. The van der Waals surface area contributed by atoms with Gasteiger partial charge in [0.15, 0.2) is 0 Å². The molecule has 31 heavy (non-hydrogen) atoms. The summed E-state index contributed by atoms with van der Waals surface area (Å²) < 4.78 is 38.3. The third kappa shape index (κ3) is 7.16. The van der Waals surface area contributed by atoms with E-state index in [4.69, 9.17) is 0 Å². The van der Waals surface area contributed by atoms with Crippen LogP contribution in [-0.2, 0) is 6.42 Å². The average Bonchev–Trinajstić information content (AvgIpc) is 2.78. The third-order valence-corrected chi connectivity index (χ3v) is 7.68. The number of hydrogen-bond donors (Lipinski definition) is 0. The summed E-state index contributed by atoms with van der Waals surface area (Å²) in [6.07, 6.45) is 8.62. The molecule has 1 aromatic carbocycles. The van der Waals surface area contributed by atoms with Crippen LogP contribution in [0, 0.1) is 41.4 Å². The van der Waals surface area contributed by atoms with Crippen LogP contribution in [0.25, 0.3) is 0 Å². The van der Waals surface area contributed by atoms with Crippen molar-refractivity contribution >= 4 is 0 Å². The predicted molar refractivity (Wildman–Crippen MR) is 123 cm³/mol. The van der Waals surface area contributed by atoms with Gasteiger partial charge in [-0.05, 0) is 93.2 Å². The second-order valence-corrected chi connectivity index (χ2v) is 9.68. The largest absolute Gasteiger partial charge is 0.391 e. The molecule has 2 aliphatic carbocycles. The van der Waals surface area contributed by atoms with E-state index in [-0.39, 0.29) is 18.8 Å². The summed E-state index contributed by atoms with van der Waals surface area (Å²) in [5.74, 6) is 7.73. The Balaban J connectivity index is 1.41. The van der Waals surface area contributed by atoms with Gasteiger partial charge < -0.3 is 0 Å². The highest BCUT2D eigenvalue weighted by atomic mass is 19.4. The Morgan fingerprint density at radius 1 is 1.00 bits per heavy atom. The molecule has 0 amide bonds. The molecule has 0 bridgehead atoms. The first kappa shape index (κ1) is 24.0. The lowest BCUT2D eigenvalue weighted by atomic mass is 9.73. The third-order valence-electron chi connectivity index (χ3n) is 7.68. The zero-order valence-corrected chi connectivity index (χ0v) is 18.9. The highest BCUT2D eigenvalue weighted by molar-refractivity contribution is 5.36. The summed E-state index contributed by atoms with van der Waals surface area (Å²) in [4.78, 5) is 0. The maximum Gasteiger partial charge on any atom is 0.391 e. The number of halogens is 3. The van der Waals surface area contributed by atoms with Gasteiger partial charge in [-0.1, -0.05) is 49.8 Å². The molecule has 1 aromatic rings. The van der Waals surface area contributed by atoms with Crippen LogP contribution in [0.2, 0.25) is 0 Å². The van der Waals surface area contributed by atoms with Crippen LogP contribution in [0.15, 0.2) is 36.9 Å². The van der Waals surface area contributed by atoms with Crippen LogP contribution >= 0.6 is 0 Å². The van der Waals surface area contributed by atoms with Crippen molar-refractivity contribution in [3.8, 4) is 11.8 Å². The molecule has 0 aliphatic heterocycles. The Morgan fingerprint density at radius 2 is 1.65 bits per heavy atom. The summed E-state index contributed by atoms with van der Waals surface area (Å²) in [7, 11) is 0. The second kappa shape index (κ2) is 11.3. The van der Waals surface area contributed by atoms with Crippen LogP contribution in [0.4, 0.5) is 13.2 Å². The molecule has 2 saturated carbocycles. The Kier molecular flexibility index (Phi) is 8.70. The molecule has 2 aliphatic rings. The van der Waals surface area contributed by atoms with E-state index in [0.717, 1.165) is 23.8 Å². The van der Waals surface area contributed by atoms with Gasteiger partial charge in [-0.15, -0.1) is 6.58 Å². The Hall–Kier alpha value is -1.69. The quantitative estimate of drug-likeness (QED) is 0.314. The van der Waals surface area contributed by atoms with E-state index in [0.29, 0.717) is 18.8 Å². The SMILES string of the molecule is C=CC(CC)C1CCC(CCc2ccc(C#CC3CCC(C(F)(F)F)CC3)cc2)CC1. The number of alkyl halides is 3. The van der Waals surface area contributed by atoms with Gasteiger partial charge in [-0.2, -0.15) is 13.2 Å². The minimum atomic E-state index is -4.04. The normalized spacial score (nSPS) is 27.7. The van der Waals surface area contributed by atoms with Gasteiger partial charge >= 0.3 is 6.18 Å². The van der Waals surface area contributed by atoms with E-state index < -0.39 is 12.1 Å². The molecular formula is C28H37F3. The van der Waals surface area contributed by atoms with Gasteiger partial charge in [-0.3, -0.25) is 0 Å². The predicted octanol–water partition coefficient (Wildman–Crippen LogP) is 8.36. The fourth-order valence-corrected chi connectivity index (χ4v) is 5.47. The average molecular weight is 431 g/mol. The van der Waals surface area contributed by atoms with Crippen molar-refractivity contribution < 1.29 is 13.2 Å². The van der Waals surface area contributed by atoms with Gasteiger partial charge in [0.05, 0.1) is 5.92 Å². The lowest BCUT2D eigenvalue weighted by Gasteiger charge is -2.32. The molecule has 0 heterocycles. The number of allylic oxidation sites excluding steroid dienone is 1. The van der Waals surface area contributed by atoms with Crippen molar-refractivity contribution in [3.63, 3.8) is 0 Å². The Bertz CT molecular complexity index is 733. The molecule has 0 radical (unpaired) electrons. The fraction of sp³-hybridized carbons (Fsp3) is 0.643. The van der Waals surface area contributed by atoms with Crippen LogP contribution in [0.5, 0.6) is 0 Å². The standard InChI is InChI=1S/C28H37F3/c1-3-25(4-2)26-17-13-23(14-18-26)11-9-21-5-7-22(8-6-21)10-12-24-15-19-27(20-16-24)28(29,30)31/h3,5-8,23-27H,1,4,9,11,13-20H2,2H3. The number of rotatable bonds is 6. The van der Waals surface area contributed by atoms with Gasteiger partial charge in [-0.25, -0.2) is 0 Å². The molecule has 0 saturated heterocycles. The van der Waals surface area contributed by atoms with Crippen LogP contribution < -0.4 is 0 Å². The highest BCUT2D eigenvalue weighted by Crippen LogP contribution is 2.39. The molecule has 1 atom stereocenters. The van der Waals surface area contributed by atoms with Crippen molar-refractivity contribution in [1.82, 2.24) is 0 Å². The maximum atomic E-state index is 12.8. The summed E-state index contributed by atoms with van der Waals surface area (Å²) >= 11 is 0. The topological polar surface area (TPSA) is 0 Å². The number of hydrogen-bond acceptors (Lipinski definition) is 0. The first-order valence-electron chi connectivity index (χ1n) is 12.2. The van der Waals surface area contributed by atoms with Crippen molar-refractivity contribution in [2.75, 3.05) is 0 Å². The van der Waals surface area contributed by atoms with Crippen molar-refractivity contribution in [3.05, 3.63) is 48.0 Å². The second-order valence-electron chi connectivity index (χ2n) is 9.68. The van der Waals surface area contributed by atoms with E-state index >= 15 is 0 Å². The molecule has 0 aromatic heterocycles. The van der Waals surface area contributed by atoms with Crippen LogP contribution in [-0.4, -0.2) is 6.18 Å². The van der Waals surface area contributed by atoms with Gasteiger partial charge in [0, 0.05) is 11.5 Å². The number of benzene rings is 1. The van der Waals surface area contributed by atoms with E-state index in [2.05, 4.69) is 55.7 Å². The minimum Gasteiger partial charge on any atom is -0.171 e. The molecule has 0 spiro atoms. The first-order valence-corrected chi connectivity index (χ1v) is 12.2. The molecule has 3 rings (SSSR count). The minimum absolute atomic E-state index is 0.0989. The van der Waals surface area contributed by atoms with Crippen molar-refractivity contribution in [1.29, 1.82) is 0 Å². The molecule has 170 valence electrons. The summed E-state index contributed by atoms with van der Waals surface area (Å²) in [6, 6.07) is 8.47. The zero-order valence-electron chi connectivity index (χ0n) is 18.9. The fourth-order valence-electron chi connectivity index (χ4n) is 5.47. The summed E-state index contributed by atoms with van der Waals surface area (Å²) in [5, 5.41) is 0. The van der Waals surface area contributed by atoms with Gasteiger partial charge in [0.2, 0.25) is 0 Å². The molecule has 3 heteroatoms. The van der Waals surface area contributed by atoms with Crippen LogP contribution in [0.3, 0.4) is 0 Å². The number of aryl methyl sites for hydroxylation is 1. The molecule has 2 fully saturated rings.